The second-order valence-electron chi connectivity index (χ2n) is 12.4. The van der Waals surface area contributed by atoms with Crippen molar-refractivity contribution in [2.75, 3.05) is 19.6 Å². The Kier molecular flexibility index (Phi) is 8.11. The van der Waals surface area contributed by atoms with E-state index in [-0.39, 0.29) is 0 Å². The summed E-state index contributed by atoms with van der Waals surface area (Å²) in [6.07, 6.45) is 8.29. The van der Waals surface area contributed by atoms with Gasteiger partial charge in [0.15, 0.2) is 6.10 Å². The number of aryl methyl sites for hydroxylation is 1. The van der Waals surface area contributed by atoms with Crippen molar-refractivity contribution in [2.45, 2.75) is 44.9 Å². The summed E-state index contributed by atoms with van der Waals surface area (Å²) in [6, 6.07) is 29.5. The zero-order chi connectivity index (χ0) is 31.6. The van der Waals surface area contributed by atoms with Gasteiger partial charge in [0.2, 0.25) is 0 Å². The molecule has 1 unspecified atom stereocenters. The van der Waals surface area contributed by atoms with E-state index in [4.69, 9.17) is 14.7 Å². The molecule has 0 amide bonds. The standard InChI is InChI=1S/C39H38N6O2/c46-37(38-40-19-20-41-38)35-25-42-39-36(33-7-3-1-5-28(33)18-24-45(35)39)30-16-22-44(23-17-30)21-15-27-9-13-32(14-10-27)47-26-31-12-11-29-6-2-4-8-34(29)43-31/h1-14,19-20,25,37,46H,15-18,21-24,26H2,(H,40,41). The summed E-state index contributed by atoms with van der Waals surface area (Å²) in [5, 5.41) is 12.3. The highest BCUT2D eigenvalue weighted by molar-refractivity contribution is 5.82. The number of rotatable bonds is 8. The van der Waals surface area contributed by atoms with Crippen molar-refractivity contribution in [1.82, 2.24) is 29.4 Å². The van der Waals surface area contributed by atoms with E-state index in [9.17, 15) is 5.11 Å². The van der Waals surface area contributed by atoms with Gasteiger partial charge in [0.05, 0.1) is 23.1 Å². The van der Waals surface area contributed by atoms with E-state index in [1.807, 2.05) is 30.5 Å². The predicted molar refractivity (Wildman–Crippen MR) is 183 cm³/mol. The Morgan fingerprint density at radius 3 is 2.53 bits per heavy atom. The minimum atomic E-state index is -0.845. The second-order valence-corrected chi connectivity index (χ2v) is 12.4. The van der Waals surface area contributed by atoms with Crippen molar-refractivity contribution in [3.63, 3.8) is 0 Å². The van der Waals surface area contributed by atoms with Crippen LogP contribution in [0.15, 0.2) is 109 Å². The molecule has 1 saturated heterocycles. The van der Waals surface area contributed by atoms with Gasteiger partial charge in [-0.1, -0.05) is 66.2 Å². The van der Waals surface area contributed by atoms with Gasteiger partial charge in [-0.25, -0.2) is 15.0 Å². The van der Waals surface area contributed by atoms with Crippen LogP contribution in [-0.2, 0) is 26.0 Å². The van der Waals surface area contributed by atoms with Crippen molar-refractivity contribution >= 4 is 16.5 Å². The highest BCUT2D eigenvalue weighted by atomic mass is 16.5. The van der Waals surface area contributed by atoms with Crippen LogP contribution in [0.3, 0.4) is 0 Å². The molecule has 0 spiro atoms. The molecule has 3 aromatic heterocycles. The minimum Gasteiger partial charge on any atom is -0.487 e. The Morgan fingerprint density at radius 1 is 0.851 bits per heavy atom. The molecule has 8 heteroatoms. The summed E-state index contributed by atoms with van der Waals surface area (Å²) in [5.74, 6) is 2.36. The Hall–Kier alpha value is -5.05. The predicted octanol–water partition coefficient (Wildman–Crippen LogP) is 6.51. The smallest absolute Gasteiger partial charge is 0.153 e. The number of ether oxygens (including phenoxy) is 1. The van der Waals surface area contributed by atoms with Crippen molar-refractivity contribution in [3.05, 3.63) is 149 Å². The zero-order valence-corrected chi connectivity index (χ0v) is 26.3. The number of hydrogen-bond acceptors (Lipinski definition) is 6. The van der Waals surface area contributed by atoms with Crippen LogP contribution >= 0.6 is 0 Å². The Bertz CT molecular complexity index is 2020. The number of fused-ring (bicyclic) bond motifs is 3. The maximum absolute atomic E-state index is 11.2. The normalized spacial score (nSPS) is 15.7. The molecule has 2 aliphatic heterocycles. The maximum Gasteiger partial charge on any atom is 0.153 e. The van der Waals surface area contributed by atoms with E-state index in [2.05, 4.69) is 80.1 Å². The summed E-state index contributed by atoms with van der Waals surface area (Å²) in [7, 11) is 0. The first kappa shape index (κ1) is 29.4. The quantitative estimate of drug-likeness (QED) is 0.201. The molecule has 0 aliphatic carbocycles. The van der Waals surface area contributed by atoms with Gasteiger partial charge in [-0.2, -0.15) is 0 Å². The number of likely N-dealkylation sites (tertiary alicyclic amines) is 1. The van der Waals surface area contributed by atoms with Gasteiger partial charge in [0.25, 0.3) is 0 Å². The highest BCUT2D eigenvalue weighted by Crippen LogP contribution is 2.37. The Morgan fingerprint density at radius 2 is 1.68 bits per heavy atom. The van der Waals surface area contributed by atoms with Gasteiger partial charge in [-0.3, -0.25) is 0 Å². The second kappa shape index (κ2) is 13.0. The molecule has 0 bridgehead atoms. The van der Waals surface area contributed by atoms with Crippen molar-refractivity contribution in [2.24, 2.45) is 0 Å². The van der Waals surface area contributed by atoms with Gasteiger partial charge >= 0.3 is 0 Å². The third-order valence-corrected chi connectivity index (χ3v) is 9.56. The summed E-state index contributed by atoms with van der Waals surface area (Å²) in [4.78, 5) is 19.6. The number of piperidine rings is 1. The molecule has 3 aromatic carbocycles. The monoisotopic (exact) mass is 622 g/mol. The van der Waals surface area contributed by atoms with Crippen LogP contribution in [0.4, 0.5) is 0 Å². The fourth-order valence-electron chi connectivity index (χ4n) is 6.97. The molecule has 47 heavy (non-hydrogen) atoms. The van der Waals surface area contributed by atoms with E-state index in [1.54, 1.807) is 12.4 Å². The zero-order valence-electron chi connectivity index (χ0n) is 26.3. The number of H-pyrrole nitrogens is 1. The van der Waals surface area contributed by atoms with E-state index in [0.717, 1.165) is 85.7 Å². The average Bonchev–Trinajstić information content (AvgIpc) is 3.78. The molecular weight excluding hydrogens is 584 g/mol. The SMILES string of the molecule is OC(c1ncc[nH]1)c1cnc2n1CCc1ccccc1C2=C1CCN(CCc2ccc(OCc3ccc4ccccc4n3)cc2)CC1. The van der Waals surface area contributed by atoms with Crippen LogP contribution < -0.4 is 4.74 Å². The van der Waals surface area contributed by atoms with Gasteiger partial charge in [0, 0.05) is 49.5 Å². The number of aliphatic hydroxyl groups is 1. The van der Waals surface area contributed by atoms with Crippen molar-refractivity contribution < 1.29 is 9.84 Å². The van der Waals surface area contributed by atoms with Crippen LogP contribution in [-0.4, -0.2) is 54.1 Å². The summed E-state index contributed by atoms with van der Waals surface area (Å²) in [5.41, 5.74) is 9.31. The summed E-state index contributed by atoms with van der Waals surface area (Å²) in [6.45, 7) is 4.28. The molecule has 0 saturated carbocycles. The van der Waals surface area contributed by atoms with Crippen LogP contribution in [0.2, 0.25) is 0 Å². The molecule has 8 nitrogen and oxygen atoms in total. The summed E-state index contributed by atoms with van der Waals surface area (Å²) < 4.78 is 8.25. The average molecular weight is 623 g/mol. The van der Waals surface area contributed by atoms with Crippen LogP contribution in [0.25, 0.3) is 16.5 Å². The molecule has 0 radical (unpaired) electrons. The number of aliphatic hydroxyl groups excluding tert-OH is 1. The summed E-state index contributed by atoms with van der Waals surface area (Å²) >= 11 is 0. The molecular formula is C39H38N6O2. The molecule has 6 aromatic rings. The number of imidazole rings is 2. The van der Waals surface area contributed by atoms with E-state index >= 15 is 0 Å². The number of hydrogen-bond donors (Lipinski definition) is 2. The molecule has 1 atom stereocenters. The Labute approximate surface area is 274 Å². The molecule has 5 heterocycles. The van der Waals surface area contributed by atoms with E-state index in [0.29, 0.717) is 12.4 Å². The van der Waals surface area contributed by atoms with Gasteiger partial charge in [-0.05, 0) is 66.6 Å². The van der Waals surface area contributed by atoms with Crippen LogP contribution in [0.1, 0.15) is 58.7 Å². The lowest BCUT2D eigenvalue weighted by atomic mass is 9.90. The molecule has 236 valence electrons. The van der Waals surface area contributed by atoms with E-state index in [1.165, 1.54) is 27.8 Å². The lowest BCUT2D eigenvalue weighted by molar-refractivity contribution is 0.200. The first-order valence-electron chi connectivity index (χ1n) is 16.5. The lowest BCUT2D eigenvalue weighted by Crippen LogP contribution is -2.33. The third kappa shape index (κ3) is 6.10. The lowest BCUT2D eigenvalue weighted by Gasteiger charge is -2.30. The van der Waals surface area contributed by atoms with Crippen molar-refractivity contribution in [1.29, 1.82) is 0 Å². The first-order valence-corrected chi connectivity index (χ1v) is 16.5. The van der Waals surface area contributed by atoms with Gasteiger partial charge in [0.1, 0.15) is 24.0 Å². The first-order chi connectivity index (χ1) is 23.2. The topological polar surface area (TPSA) is 92.1 Å². The number of para-hydroxylation sites is 1. The highest BCUT2D eigenvalue weighted by Gasteiger charge is 2.29. The van der Waals surface area contributed by atoms with Crippen LogP contribution in [0, 0.1) is 0 Å². The van der Waals surface area contributed by atoms with Crippen molar-refractivity contribution in [3.8, 4) is 5.75 Å². The molecule has 2 aliphatic rings. The van der Waals surface area contributed by atoms with Gasteiger partial charge in [-0.15, -0.1) is 0 Å². The minimum absolute atomic E-state index is 0.451. The fraction of sp³-hybridized carbons (Fsp3) is 0.256. The number of aromatic nitrogens is 5. The van der Waals surface area contributed by atoms with Crippen LogP contribution in [0.5, 0.6) is 5.75 Å². The van der Waals surface area contributed by atoms with E-state index < -0.39 is 6.10 Å². The molecule has 8 rings (SSSR count). The number of nitrogens with zero attached hydrogens (tertiary/aromatic N) is 5. The number of nitrogens with one attached hydrogen (secondary N) is 1. The molecule has 1 fully saturated rings. The largest absolute Gasteiger partial charge is 0.487 e. The molecule has 2 N–H and O–H groups in total. The number of benzene rings is 3. The Balaban J connectivity index is 0.922. The number of pyridine rings is 1. The number of aromatic amines is 1. The maximum atomic E-state index is 11.2. The third-order valence-electron chi connectivity index (χ3n) is 9.56. The van der Waals surface area contributed by atoms with Gasteiger partial charge < -0.3 is 24.3 Å². The fourth-order valence-corrected chi connectivity index (χ4v) is 6.97.